The molecule has 110 valence electrons. The molecule has 0 radical (unpaired) electrons. The fourth-order valence-electron chi connectivity index (χ4n) is 2.60. The lowest BCUT2D eigenvalue weighted by Gasteiger charge is -2.11. The Kier molecular flexibility index (Phi) is 2.99. The van der Waals surface area contributed by atoms with Crippen molar-refractivity contribution in [2.45, 2.75) is 6.92 Å². The fourth-order valence-corrected chi connectivity index (χ4v) is 2.60. The normalized spacial score (nSPS) is 10.8. The number of nitrogens with zero attached hydrogens (tertiary/aromatic N) is 3. The highest BCUT2D eigenvalue weighted by Gasteiger charge is 2.12. The molecule has 0 amide bonds. The maximum absolute atomic E-state index is 12.0. The van der Waals surface area contributed by atoms with Crippen molar-refractivity contribution in [3.05, 3.63) is 56.4 Å². The van der Waals surface area contributed by atoms with Crippen LogP contribution in [0.1, 0.15) is 11.3 Å². The van der Waals surface area contributed by atoms with Crippen molar-refractivity contribution >= 4 is 11.0 Å². The number of pyridine rings is 1. The van der Waals surface area contributed by atoms with E-state index in [0.717, 1.165) is 27.9 Å². The van der Waals surface area contributed by atoms with E-state index in [1.54, 1.807) is 20.2 Å². The van der Waals surface area contributed by atoms with Crippen LogP contribution in [-0.4, -0.2) is 14.1 Å². The van der Waals surface area contributed by atoms with Crippen LogP contribution in [0.25, 0.3) is 22.2 Å². The predicted molar refractivity (Wildman–Crippen MR) is 83.7 cm³/mol. The third kappa shape index (κ3) is 1.87. The van der Waals surface area contributed by atoms with Crippen LogP contribution >= 0.6 is 0 Å². The zero-order valence-electron chi connectivity index (χ0n) is 12.5. The maximum Gasteiger partial charge on any atom is 0.326 e. The highest BCUT2D eigenvalue weighted by atomic mass is 16.1. The SMILES string of the molecule is Cc1c(-c2ccc3c(c2)[nH]c(=O)n3C)cc(C#N)c(=O)n1C. The summed E-state index contributed by atoms with van der Waals surface area (Å²) < 4.78 is 3.00. The molecule has 1 N–H and O–H groups in total. The van der Waals surface area contributed by atoms with Crippen LogP contribution in [0, 0.1) is 18.3 Å². The summed E-state index contributed by atoms with van der Waals surface area (Å²) in [5.41, 5.74) is 3.55. The molecule has 0 aliphatic carbocycles. The van der Waals surface area contributed by atoms with Crippen molar-refractivity contribution in [1.82, 2.24) is 14.1 Å². The number of fused-ring (bicyclic) bond motifs is 1. The van der Waals surface area contributed by atoms with E-state index in [0.29, 0.717) is 0 Å². The summed E-state index contributed by atoms with van der Waals surface area (Å²) in [5.74, 6) is 0. The van der Waals surface area contributed by atoms with Gasteiger partial charge in [0, 0.05) is 25.4 Å². The van der Waals surface area contributed by atoms with Crippen molar-refractivity contribution in [3.8, 4) is 17.2 Å². The summed E-state index contributed by atoms with van der Waals surface area (Å²) in [6.45, 7) is 1.83. The van der Waals surface area contributed by atoms with Gasteiger partial charge in [-0.15, -0.1) is 0 Å². The molecule has 3 rings (SSSR count). The average molecular weight is 294 g/mol. The maximum atomic E-state index is 12.0. The van der Waals surface area contributed by atoms with Gasteiger partial charge < -0.3 is 9.55 Å². The number of aromatic nitrogens is 3. The van der Waals surface area contributed by atoms with Gasteiger partial charge in [0.25, 0.3) is 5.56 Å². The molecule has 0 spiro atoms. The van der Waals surface area contributed by atoms with Crippen LogP contribution < -0.4 is 11.2 Å². The minimum absolute atomic E-state index is 0.102. The number of H-pyrrole nitrogens is 1. The summed E-state index contributed by atoms with van der Waals surface area (Å²) in [6, 6.07) is 9.10. The number of hydrogen-bond acceptors (Lipinski definition) is 3. The van der Waals surface area contributed by atoms with Gasteiger partial charge in [-0.25, -0.2) is 4.79 Å². The zero-order chi connectivity index (χ0) is 16.0. The zero-order valence-corrected chi connectivity index (χ0v) is 12.5. The summed E-state index contributed by atoms with van der Waals surface area (Å²) in [4.78, 5) is 26.4. The van der Waals surface area contributed by atoms with E-state index in [9.17, 15) is 9.59 Å². The number of aryl methyl sites for hydroxylation is 1. The molecule has 3 aromatic rings. The van der Waals surface area contributed by atoms with Crippen LogP contribution in [0.15, 0.2) is 33.9 Å². The highest BCUT2D eigenvalue weighted by molar-refractivity contribution is 5.82. The number of benzene rings is 1. The van der Waals surface area contributed by atoms with Gasteiger partial charge >= 0.3 is 5.69 Å². The molecule has 0 saturated heterocycles. The van der Waals surface area contributed by atoms with E-state index in [2.05, 4.69) is 4.98 Å². The molecule has 22 heavy (non-hydrogen) atoms. The third-order valence-corrected chi connectivity index (χ3v) is 4.05. The van der Waals surface area contributed by atoms with E-state index in [1.807, 2.05) is 31.2 Å². The van der Waals surface area contributed by atoms with E-state index >= 15 is 0 Å². The first kappa shape index (κ1) is 13.9. The van der Waals surface area contributed by atoms with E-state index < -0.39 is 0 Å². The van der Waals surface area contributed by atoms with Crippen LogP contribution in [0.3, 0.4) is 0 Å². The molecule has 2 aromatic heterocycles. The second kappa shape index (κ2) is 4.74. The van der Waals surface area contributed by atoms with Gasteiger partial charge in [0.05, 0.1) is 11.0 Å². The molecule has 0 aliphatic rings. The standard InChI is InChI=1S/C16H14N4O2/c1-9-12(6-11(8-17)15(21)19(9)2)10-4-5-14-13(7-10)18-16(22)20(14)3/h4-7H,1-3H3,(H,18,22). The van der Waals surface area contributed by atoms with Crippen molar-refractivity contribution < 1.29 is 0 Å². The summed E-state index contributed by atoms with van der Waals surface area (Å²) in [7, 11) is 3.34. The molecule has 0 fully saturated rings. The minimum atomic E-state index is -0.307. The van der Waals surface area contributed by atoms with Gasteiger partial charge in [0.15, 0.2) is 0 Å². The van der Waals surface area contributed by atoms with Crippen molar-refractivity contribution in [3.63, 3.8) is 0 Å². The fraction of sp³-hybridized carbons (Fsp3) is 0.188. The summed E-state index contributed by atoms with van der Waals surface area (Å²) in [6.07, 6.45) is 0. The number of aromatic amines is 1. The Morgan fingerprint density at radius 1 is 1.14 bits per heavy atom. The molecule has 0 bridgehead atoms. The number of rotatable bonds is 1. The Morgan fingerprint density at radius 3 is 2.55 bits per heavy atom. The predicted octanol–water partition coefficient (Wildman–Crippen LogP) is 1.41. The van der Waals surface area contributed by atoms with Gasteiger partial charge in [-0.05, 0) is 30.7 Å². The smallest absolute Gasteiger partial charge is 0.314 e. The number of hydrogen-bond donors (Lipinski definition) is 1. The molecular weight excluding hydrogens is 280 g/mol. The van der Waals surface area contributed by atoms with Crippen molar-refractivity contribution in [1.29, 1.82) is 5.26 Å². The molecule has 0 atom stereocenters. The molecule has 6 nitrogen and oxygen atoms in total. The average Bonchev–Trinajstić information content (AvgIpc) is 2.79. The van der Waals surface area contributed by atoms with E-state index in [4.69, 9.17) is 5.26 Å². The second-order valence-electron chi connectivity index (χ2n) is 5.25. The van der Waals surface area contributed by atoms with E-state index in [-0.39, 0.29) is 16.8 Å². The number of nitrogens with one attached hydrogen (secondary N) is 1. The van der Waals surface area contributed by atoms with Crippen LogP contribution in [-0.2, 0) is 14.1 Å². The van der Waals surface area contributed by atoms with Gasteiger partial charge in [0.2, 0.25) is 0 Å². The third-order valence-electron chi connectivity index (χ3n) is 4.05. The highest BCUT2D eigenvalue weighted by Crippen LogP contribution is 2.25. The molecule has 1 aromatic carbocycles. The molecular formula is C16H14N4O2. The van der Waals surface area contributed by atoms with Gasteiger partial charge in [-0.3, -0.25) is 9.36 Å². The van der Waals surface area contributed by atoms with Gasteiger partial charge in [0.1, 0.15) is 11.6 Å². The summed E-state index contributed by atoms with van der Waals surface area (Å²) >= 11 is 0. The van der Waals surface area contributed by atoms with Crippen LogP contribution in [0.4, 0.5) is 0 Å². The Morgan fingerprint density at radius 2 is 1.86 bits per heavy atom. The largest absolute Gasteiger partial charge is 0.326 e. The molecule has 0 aliphatic heterocycles. The lowest BCUT2D eigenvalue weighted by molar-refractivity contribution is 0.817. The minimum Gasteiger partial charge on any atom is -0.314 e. The van der Waals surface area contributed by atoms with Gasteiger partial charge in [-0.1, -0.05) is 6.07 Å². The van der Waals surface area contributed by atoms with E-state index in [1.165, 1.54) is 9.13 Å². The monoisotopic (exact) mass is 294 g/mol. The van der Waals surface area contributed by atoms with Crippen molar-refractivity contribution in [2.75, 3.05) is 0 Å². The lowest BCUT2D eigenvalue weighted by atomic mass is 10.0. The molecule has 0 unspecified atom stereocenters. The van der Waals surface area contributed by atoms with Gasteiger partial charge in [-0.2, -0.15) is 5.26 Å². The molecule has 0 saturated carbocycles. The molecule has 2 heterocycles. The lowest BCUT2D eigenvalue weighted by Crippen LogP contribution is -2.22. The number of nitriles is 1. The van der Waals surface area contributed by atoms with Crippen LogP contribution in [0.5, 0.6) is 0 Å². The Hall–Kier alpha value is -3.07. The first-order valence-electron chi connectivity index (χ1n) is 6.74. The first-order valence-corrected chi connectivity index (χ1v) is 6.74. The Bertz CT molecular complexity index is 1060. The van der Waals surface area contributed by atoms with Crippen LogP contribution in [0.2, 0.25) is 0 Å². The first-order chi connectivity index (χ1) is 10.4. The quantitative estimate of drug-likeness (QED) is 0.736. The van der Waals surface area contributed by atoms with Crippen molar-refractivity contribution in [2.24, 2.45) is 14.1 Å². The Balaban J connectivity index is 2.32. The summed E-state index contributed by atoms with van der Waals surface area (Å²) in [5, 5.41) is 9.10. The number of imidazole rings is 1. The molecule has 6 heteroatoms. The second-order valence-corrected chi connectivity index (χ2v) is 5.25. The topological polar surface area (TPSA) is 83.6 Å². The Labute approximate surface area is 125 Å².